The number of carbonyl (C=O) groups is 1. The number of hydrogen-bond acceptors (Lipinski definition) is 4. The van der Waals surface area contributed by atoms with Crippen LogP contribution in [0.15, 0.2) is 48.5 Å². The Morgan fingerprint density at radius 2 is 1.62 bits per heavy atom. The minimum atomic E-state index is -0.206. The summed E-state index contributed by atoms with van der Waals surface area (Å²) < 4.78 is 18.4. The molecular formula is C23H28FN3O2. The van der Waals surface area contributed by atoms with E-state index < -0.39 is 0 Å². The van der Waals surface area contributed by atoms with Gasteiger partial charge in [-0.05, 0) is 67.9 Å². The van der Waals surface area contributed by atoms with Gasteiger partial charge in [-0.2, -0.15) is 0 Å². The van der Waals surface area contributed by atoms with E-state index in [1.807, 2.05) is 24.3 Å². The number of hydrogen-bond donors (Lipinski definition) is 1. The molecule has 2 fully saturated rings. The maximum atomic E-state index is 13.0. The zero-order valence-corrected chi connectivity index (χ0v) is 16.6. The Morgan fingerprint density at radius 3 is 2.28 bits per heavy atom. The number of amides is 1. The van der Waals surface area contributed by atoms with Gasteiger partial charge in [-0.25, -0.2) is 4.39 Å². The summed E-state index contributed by atoms with van der Waals surface area (Å²) in [5.74, 6) is -0.0638. The number of nitrogens with one attached hydrogen (secondary N) is 1. The lowest BCUT2D eigenvalue weighted by molar-refractivity contribution is -0.121. The number of piperidine rings is 1. The van der Waals surface area contributed by atoms with E-state index in [2.05, 4.69) is 27.2 Å². The predicted octanol–water partition coefficient (Wildman–Crippen LogP) is 3.51. The van der Waals surface area contributed by atoms with E-state index in [-0.39, 0.29) is 17.6 Å². The normalized spacial score (nSPS) is 18.6. The molecule has 0 atom stereocenters. The molecule has 2 aliphatic heterocycles. The first-order valence-corrected chi connectivity index (χ1v) is 10.4. The summed E-state index contributed by atoms with van der Waals surface area (Å²) in [6.07, 6.45) is 1.69. The van der Waals surface area contributed by atoms with Crippen molar-refractivity contribution in [3.05, 3.63) is 59.9 Å². The SMILES string of the molecule is O=C(Nc1ccc(N2CCOCC2)cc1)C1CCN(Cc2ccc(F)cc2)CC1. The average molecular weight is 397 g/mol. The summed E-state index contributed by atoms with van der Waals surface area (Å²) in [5.41, 5.74) is 3.12. The highest BCUT2D eigenvalue weighted by Gasteiger charge is 2.25. The number of morpholine rings is 1. The smallest absolute Gasteiger partial charge is 0.227 e. The molecule has 0 radical (unpaired) electrons. The van der Waals surface area contributed by atoms with E-state index in [1.54, 1.807) is 0 Å². The summed E-state index contributed by atoms with van der Waals surface area (Å²) in [5, 5.41) is 3.07. The number of benzene rings is 2. The third-order valence-electron chi connectivity index (χ3n) is 5.79. The highest BCUT2D eigenvalue weighted by Crippen LogP contribution is 2.23. The Morgan fingerprint density at radius 1 is 0.966 bits per heavy atom. The summed E-state index contributed by atoms with van der Waals surface area (Å²) >= 11 is 0. The molecule has 0 saturated carbocycles. The molecule has 2 aliphatic rings. The molecular weight excluding hydrogens is 369 g/mol. The molecule has 5 nitrogen and oxygen atoms in total. The van der Waals surface area contributed by atoms with Gasteiger partial charge >= 0.3 is 0 Å². The van der Waals surface area contributed by atoms with Crippen molar-refractivity contribution < 1.29 is 13.9 Å². The molecule has 1 amide bonds. The fourth-order valence-electron chi connectivity index (χ4n) is 4.02. The minimum absolute atomic E-state index is 0.0402. The molecule has 6 heteroatoms. The van der Waals surface area contributed by atoms with E-state index in [9.17, 15) is 9.18 Å². The maximum absolute atomic E-state index is 13.0. The Hall–Kier alpha value is -2.44. The Balaban J connectivity index is 1.24. The van der Waals surface area contributed by atoms with Gasteiger partial charge in [-0.3, -0.25) is 9.69 Å². The number of ether oxygens (including phenoxy) is 1. The lowest BCUT2D eigenvalue weighted by Crippen LogP contribution is -2.37. The number of rotatable bonds is 5. The van der Waals surface area contributed by atoms with Crippen molar-refractivity contribution in [2.45, 2.75) is 19.4 Å². The first kappa shape index (κ1) is 19.9. The molecule has 4 rings (SSSR count). The van der Waals surface area contributed by atoms with E-state index in [4.69, 9.17) is 4.74 Å². The zero-order chi connectivity index (χ0) is 20.1. The number of carbonyl (C=O) groups excluding carboxylic acids is 1. The second-order valence-corrected chi connectivity index (χ2v) is 7.81. The summed E-state index contributed by atoms with van der Waals surface area (Å²) in [6, 6.07) is 14.7. The van der Waals surface area contributed by atoms with Gasteiger partial charge in [0, 0.05) is 36.9 Å². The standard InChI is InChI=1S/C23H28FN3O2/c24-20-3-1-18(2-4-20)17-26-11-9-19(10-12-26)23(28)25-21-5-7-22(8-6-21)27-13-15-29-16-14-27/h1-8,19H,9-17H2,(H,25,28). The van der Waals surface area contributed by atoms with E-state index >= 15 is 0 Å². The Bertz CT molecular complexity index is 796. The van der Waals surface area contributed by atoms with Crippen LogP contribution in [0.3, 0.4) is 0 Å². The highest BCUT2D eigenvalue weighted by atomic mass is 19.1. The lowest BCUT2D eigenvalue weighted by atomic mass is 9.95. The van der Waals surface area contributed by atoms with E-state index in [1.165, 1.54) is 17.8 Å². The summed E-state index contributed by atoms with van der Waals surface area (Å²) in [6.45, 7) is 5.90. The van der Waals surface area contributed by atoms with Crippen LogP contribution in [0, 0.1) is 11.7 Å². The van der Waals surface area contributed by atoms with Crippen LogP contribution in [-0.2, 0) is 16.1 Å². The number of anilines is 2. The molecule has 0 spiro atoms. The van der Waals surface area contributed by atoms with E-state index in [0.717, 1.165) is 70.0 Å². The molecule has 29 heavy (non-hydrogen) atoms. The van der Waals surface area contributed by atoms with Gasteiger partial charge in [0.2, 0.25) is 5.91 Å². The second-order valence-electron chi connectivity index (χ2n) is 7.81. The van der Waals surface area contributed by atoms with Crippen molar-refractivity contribution >= 4 is 17.3 Å². The van der Waals surface area contributed by atoms with Crippen LogP contribution in [0.2, 0.25) is 0 Å². The monoisotopic (exact) mass is 397 g/mol. The first-order valence-electron chi connectivity index (χ1n) is 10.4. The lowest BCUT2D eigenvalue weighted by Gasteiger charge is -2.31. The third-order valence-corrected chi connectivity index (χ3v) is 5.79. The number of nitrogens with zero attached hydrogens (tertiary/aromatic N) is 2. The van der Waals surface area contributed by atoms with Gasteiger partial charge in [-0.15, -0.1) is 0 Å². The van der Waals surface area contributed by atoms with Crippen LogP contribution < -0.4 is 10.2 Å². The van der Waals surface area contributed by atoms with Crippen LogP contribution in [0.25, 0.3) is 0 Å². The summed E-state index contributed by atoms with van der Waals surface area (Å²) in [4.78, 5) is 17.3. The van der Waals surface area contributed by atoms with Crippen molar-refractivity contribution in [2.75, 3.05) is 49.6 Å². The quantitative estimate of drug-likeness (QED) is 0.839. The first-order chi connectivity index (χ1) is 14.2. The maximum Gasteiger partial charge on any atom is 0.227 e. The fourth-order valence-corrected chi connectivity index (χ4v) is 4.02. The van der Waals surface area contributed by atoms with Gasteiger partial charge in [0.15, 0.2) is 0 Å². The van der Waals surface area contributed by atoms with Crippen LogP contribution in [-0.4, -0.2) is 50.2 Å². The van der Waals surface area contributed by atoms with Gasteiger partial charge in [0.05, 0.1) is 13.2 Å². The van der Waals surface area contributed by atoms with Crippen LogP contribution in [0.4, 0.5) is 15.8 Å². The zero-order valence-electron chi connectivity index (χ0n) is 16.6. The third kappa shape index (κ3) is 5.34. The van der Waals surface area contributed by atoms with Crippen molar-refractivity contribution in [2.24, 2.45) is 5.92 Å². The van der Waals surface area contributed by atoms with Crippen molar-refractivity contribution in [1.29, 1.82) is 0 Å². The van der Waals surface area contributed by atoms with Gasteiger partial charge in [0.1, 0.15) is 5.82 Å². The Labute approximate surface area is 171 Å². The molecule has 0 aromatic heterocycles. The van der Waals surface area contributed by atoms with Crippen LogP contribution in [0.1, 0.15) is 18.4 Å². The van der Waals surface area contributed by atoms with Crippen LogP contribution >= 0.6 is 0 Å². The molecule has 2 heterocycles. The van der Waals surface area contributed by atoms with E-state index in [0.29, 0.717) is 0 Å². The average Bonchev–Trinajstić information content (AvgIpc) is 2.77. The van der Waals surface area contributed by atoms with Crippen molar-refractivity contribution in [3.8, 4) is 0 Å². The molecule has 2 saturated heterocycles. The van der Waals surface area contributed by atoms with Crippen molar-refractivity contribution in [1.82, 2.24) is 4.90 Å². The van der Waals surface area contributed by atoms with Crippen LogP contribution in [0.5, 0.6) is 0 Å². The number of likely N-dealkylation sites (tertiary alicyclic amines) is 1. The second kappa shape index (κ2) is 9.37. The highest BCUT2D eigenvalue weighted by molar-refractivity contribution is 5.92. The molecule has 2 aromatic carbocycles. The van der Waals surface area contributed by atoms with Gasteiger partial charge < -0.3 is 15.0 Å². The molecule has 0 bridgehead atoms. The number of halogens is 1. The van der Waals surface area contributed by atoms with Gasteiger partial charge in [-0.1, -0.05) is 12.1 Å². The Kier molecular flexibility index (Phi) is 6.42. The topological polar surface area (TPSA) is 44.8 Å². The molecule has 1 N–H and O–H groups in total. The van der Waals surface area contributed by atoms with Crippen molar-refractivity contribution in [3.63, 3.8) is 0 Å². The predicted molar refractivity (Wildman–Crippen MR) is 113 cm³/mol. The fraction of sp³-hybridized carbons (Fsp3) is 0.435. The molecule has 0 unspecified atom stereocenters. The van der Waals surface area contributed by atoms with Gasteiger partial charge in [0.25, 0.3) is 0 Å². The summed E-state index contributed by atoms with van der Waals surface area (Å²) in [7, 11) is 0. The largest absolute Gasteiger partial charge is 0.378 e. The minimum Gasteiger partial charge on any atom is -0.378 e. The molecule has 154 valence electrons. The molecule has 0 aliphatic carbocycles. The molecule has 2 aromatic rings.